The molecule has 0 unspecified atom stereocenters. The number of carbonyl (C=O) groups excluding carboxylic acids is 1. The molecule has 0 aliphatic carbocycles. The van der Waals surface area contributed by atoms with Crippen molar-refractivity contribution in [1.82, 2.24) is 14.8 Å². The summed E-state index contributed by atoms with van der Waals surface area (Å²) in [5.41, 5.74) is 0.818. The molecule has 4 rings (SSSR count). The number of thiazole rings is 1. The van der Waals surface area contributed by atoms with Gasteiger partial charge in [-0.05, 0) is 48.5 Å². The Bertz CT molecular complexity index is 1130. The van der Waals surface area contributed by atoms with Crippen LogP contribution in [0.4, 0.5) is 9.52 Å². The fourth-order valence-corrected chi connectivity index (χ4v) is 4.66. The average Bonchev–Trinajstić information content (AvgIpc) is 3.42. The van der Waals surface area contributed by atoms with Crippen molar-refractivity contribution < 1.29 is 13.9 Å². The highest BCUT2D eigenvalue weighted by atomic mass is 32.2. The Kier molecular flexibility index (Phi) is 6.29. The molecular formula is C21H19FN4O2S2. The number of nitrogens with zero attached hydrogens (tertiary/aromatic N) is 4. The molecule has 0 N–H and O–H groups in total. The molecule has 154 valence electrons. The van der Waals surface area contributed by atoms with Crippen LogP contribution in [0.15, 0.2) is 65.8 Å². The Morgan fingerprint density at radius 1 is 1.27 bits per heavy atom. The normalized spacial score (nSPS) is 11.0. The minimum absolute atomic E-state index is 0.0671. The predicted molar refractivity (Wildman–Crippen MR) is 118 cm³/mol. The number of ether oxygens (including phenoxy) is 1. The summed E-state index contributed by atoms with van der Waals surface area (Å²) in [6.07, 6.45) is 3.57. The van der Waals surface area contributed by atoms with Crippen molar-refractivity contribution >= 4 is 44.4 Å². The first-order chi connectivity index (χ1) is 14.6. The summed E-state index contributed by atoms with van der Waals surface area (Å²) in [7, 11) is 1.62. The molecule has 30 heavy (non-hydrogen) atoms. The predicted octanol–water partition coefficient (Wildman–Crippen LogP) is 4.47. The third-order valence-corrected chi connectivity index (χ3v) is 6.44. The molecule has 0 aliphatic rings. The number of halogens is 1. The SMILES string of the molecule is COc1ccc2nc(N(CCn3cccn3)C(=O)CSc3ccc(F)cc3)sc2c1. The highest BCUT2D eigenvalue weighted by Crippen LogP contribution is 2.32. The van der Waals surface area contributed by atoms with Crippen LogP contribution < -0.4 is 9.64 Å². The molecule has 0 bridgehead atoms. The lowest BCUT2D eigenvalue weighted by atomic mass is 10.3. The summed E-state index contributed by atoms with van der Waals surface area (Å²) in [6.45, 7) is 1.00. The second kappa shape index (κ2) is 9.27. The maximum absolute atomic E-state index is 13.1. The molecule has 0 atom stereocenters. The zero-order chi connectivity index (χ0) is 20.9. The van der Waals surface area contributed by atoms with Gasteiger partial charge in [-0.15, -0.1) is 11.8 Å². The smallest absolute Gasteiger partial charge is 0.239 e. The van der Waals surface area contributed by atoms with E-state index in [0.29, 0.717) is 18.2 Å². The van der Waals surface area contributed by atoms with Gasteiger partial charge < -0.3 is 4.74 Å². The summed E-state index contributed by atoms with van der Waals surface area (Å²) < 4.78 is 21.1. The van der Waals surface area contributed by atoms with Crippen LogP contribution in [0.2, 0.25) is 0 Å². The topological polar surface area (TPSA) is 60.2 Å². The molecule has 0 fully saturated rings. The Balaban J connectivity index is 1.55. The maximum atomic E-state index is 13.1. The Morgan fingerprint density at radius 3 is 2.83 bits per heavy atom. The van der Waals surface area contributed by atoms with Crippen molar-refractivity contribution in [2.24, 2.45) is 0 Å². The Labute approximate surface area is 181 Å². The van der Waals surface area contributed by atoms with Crippen molar-refractivity contribution in [3.63, 3.8) is 0 Å². The number of anilines is 1. The number of hydrogen-bond donors (Lipinski definition) is 0. The fraction of sp³-hybridized carbons (Fsp3) is 0.190. The van der Waals surface area contributed by atoms with Crippen LogP contribution in [0, 0.1) is 5.82 Å². The number of fused-ring (bicyclic) bond motifs is 1. The Morgan fingerprint density at radius 2 is 2.10 bits per heavy atom. The van der Waals surface area contributed by atoms with Gasteiger partial charge in [-0.25, -0.2) is 9.37 Å². The molecule has 2 heterocycles. The van der Waals surface area contributed by atoms with Gasteiger partial charge >= 0.3 is 0 Å². The minimum atomic E-state index is -0.295. The molecule has 2 aromatic carbocycles. The van der Waals surface area contributed by atoms with E-state index in [4.69, 9.17) is 4.74 Å². The van der Waals surface area contributed by atoms with Crippen LogP contribution in [-0.2, 0) is 11.3 Å². The third kappa shape index (κ3) is 4.80. The first-order valence-corrected chi connectivity index (χ1v) is 11.0. The standard InChI is InChI=1S/C21H19FN4O2S2/c1-28-16-5-8-18-19(13-16)30-21(24-18)26(12-11-25-10-2-9-23-25)20(27)14-29-17-6-3-15(22)4-7-17/h2-10,13H,11-12,14H2,1H3. The highest BCUT2D eigenvalue weighted by Gasteiger charge is 2.20. The number of methoxy groups -OCH3 is 1. The first kappa shape index (κ1) is 20.4. The zero-order valence-corrected chi connectivity index (χ0v) is 17.8. The van der Waals surface area contributed by atoms with E-state index in [1.807, 2.05) is 30.5 Å². The molecule has 6 nitrogen and oxygen atoms in total. The number of thioether (sulfide) groups is 1. The number of amides is 1. The molecule has 0 aliphatic heterocycles. The summed E-state index contributed by atoms with van der Waals surface area (Å²) in [5, 5.41) is 4.85. The van der Waals surface area contributed by atoms with E-state index < -0.39 is 0 Å². The fourth-order valence-electron chi connectivity index (χ4n) is 2.85. The minimum Gasteiger partial charge on any atom is -0.497 e. The van der Waals surface area contributed by atoms with E-state index in [1.165, 1.54) is 35.2 Å². The average molecular weight is 443 g/mol. The van der Waals surface area contributed by atoms with Gasteiger partial charge in [0, 0.05) is 23.8 Å². The molecule has 4 aromatic rings. The number of hydrogen-bond acceptors (Lipinski definition) is 6. The molecule has 1 amide bonds. The number of rotatable bonds is 8. The van der Waals surface area contributed by atoms with Crippen LogP contribution in [0.1, 0.15) is 0 Å². The van der Waals surface area contributed by atoms with E-state index in [1.54, 1.807) is 35.0 Å². The van der Waals surface area contributed by atoms with Crippen molar-refractivity contribution in [1.29, 1.82) is 0 Å². The quantitative estimate of drug-likeness (QED) is 0.377. The van der Waals surface area contributed by atoms with Crippen molar-refractivity contribution in [2.45, 2.75) is 11.4 Å². The third-order valence-electron chi connectivity index (χ3n) is 4.40. The van der Waals surface area contributed by atoms with Gasteiger partial charge in [-0.2, -0.15) is 5.10 Å². The van der Waals surface area contributed by atoms with E-state index >= 15 is 0 Å². The van der Waals surface area contributed by atoms with Crippen LogP contribution in [0.25, 0.3) is 10.2 Å². The summed E-state index contributed by atoms with van der Waals surface area (Å²) in [5.74, 6) is 0.613. The molecule has 0 spiro atoms. The molecule has 9 heteroatoms. The monoisotopic (exact) mass is 442 g/mol. The van der Waals surface area contributed by atoms with Crippen molar-refractivity contribution in [3.05, 3.63) is 66.7 Å². The molecule has 2 aromatic heterocycles. The van der Waals surface area contributed by atoms with Crippen molar-refractivity contribution in [2.75, 3.05) is 24.3 Å². The van der Waals surface area contributed by atoms with Crippen LogP contribution in [-0.4, -0.2) is 40.1 Å². The number of aromatic nitrogens is 3. The van der Waals surface area contributed by atoms with Crippen LogP contribution >= 0.6 is 23.1 Å². The summed E-state index contributed by atoms with van der Waals surface area (Å²) in [6, 6.07) is 13.6. The Hall–Kier alpha value is -2.91. The van der Waals surface area contributed by atoms with E-state index in [0.717, 1.165) is 20.9 Å². The van der Waals surface area contributed by atoms with Gasteiger partial charge in [-0.1, -0.05) is 11.3 Å². The zero-order valence-electron chi connectivity index (χ0n) is 16.2. The molecule has 0 saturated heterocycles. The van der Waals surface area contributed by atoms with Crippen LogP contribution in [0.3, 0.4) is 0 Å². The lowest BCUT2D eigenvalue weighted by Gasteiger charge is -2.19. The first-order valence-electron chi connectivity index (χ1n) is 9.23. The van der Waals surface area contributed by atoms with Gasteiger partial charge in [0.1, 0.15) is 11.6 Å². The molecular weight excluding hydrogens is 423 g/mol. The van der Waals surface area contributed by atoms with E-state index in [9.17, 15) is 9.18 Å². The molecule has 0 saturated carbocycles. The highest BCUT2D eigenvalue weighted by molar-refractivity contribution is 8.00. The van der Waals surface area contributed by atoms with E-state index in [2.05, 4.69) is 10.1 Å². The number of carbonyl (C=O) groups is 1. The van der Waals surface area contributed by atoms with Gasteiger partial charge in [0.25, 0.3) is 0 Å². The molecule has 0 radical (unpaired) electrons. The summed E-state index contributed by atoms with van der Waals surface area (Å²) >= 11 is 2.82. The lowest BCUT2D eigenvalue weighted by Crippen LogP contribution is -2.35. The lowest BCUT2D eigenvalue weighted by molar-refractivity contribution is -0.116. The van der Waals surface area contributed by atoms with Gasteiger partial charge in [0.05, 0.1) is 29.6 Å². The summed E-state index contributed by atoms with van der Waals surface area (Å²) in [4.78, 5) is 20.3. The van der Waals surface area contributed by atoms with Crippen LogP contribution in [0.5, 0.6) is 5.75 Å². The van der Waals surface area contributed by atoms with Crippen molar-refractivity contribution in [3.8, 4) is 5.75 Å². The second-order valence-electron chi connectivity index (χ2n) is 6.39. The van der Waals surface area contributed by atoms with Gasteiger partial charge in [-0.3, -0.25) is 14.4 Å². The number of benzene rings is 2. The largest absolute Gasteiger partial charge is 0.497 e. The second-order valence-corrected chi connectivity index (χ2v) is 8.45. The van der Waals surface area contributed by atoms with Gasteiger partial charge in [0.15, 0.2) is 5.13 Å². The van der Waals surface area contributed by atoms with E-state index in [-0.39, 0.29) is 17.5 Å². The maximum Gasteiger partial charge on any atom is 0.239 e. The van der Waals surface area contributed by atoms with Gasteiger partial charge in [0.2, 0.25) is 5.91 Å².